The summed E-state index contributed by atoms with van der Waals surface area (Å²) in [4.78, 5) is 16.0. The van der Waals surface area contributed by atoms with Crippen molar-refractivity contribution in [2.24, 2.45) is 0 Å². The number of anilines is 1. The number of amides is 1. The second kappa shape index (κ2) is 6.02. The predicted molar refractivity (Wildman–Crippen MR) is 77.2 cm³/mol. The van der Waals surface area contributed by atoms with Crippen LogP contribution in [0.1, 0.15) is 6.42 Å². The van der Waals surface area contributed by atoms with Crippen molar-refractivity contribution >= 4 is 11.6 Å². The Bertz CT molecular complexity index is 596. The number of hydrogen-bond acceptors (Lipinski definition) is 5. The number of aromatic nitrogens is 3. The summed E-state index contributed by atoms with van der Waals surface area (Å²) >= 11 is 0. The standard InChI is InChI=1S/C14H17N5O2/c1-21-12-6-13(16-7-12)14(20)18-10-2-4-11(5-3-10)19-9-15-8-17-19/h2-5,8-9,12-13,16H,6-7H2,1H3,(H,18,20). The second-order valence-corrected chi connectivity index (χ2v) is 4.93. The first-order valence-electron chi connectivity index (χ1n) is 6.78. The molecule has 0 spiro atoms. The molecule has 1 saturated heterocycles. The van der Waals surface area contributed by atoms with Gasteiger partial charge in [-0.2, -0.15) is 5.10 Å². The zero-order valence-electron chi connectivity index (χ0n) is 11.7. The van der Waals surface area contributed by atoms with Crippen LogP contribution in [0.5, 0.6) is 0 Å². The van der Waals surface area contributed by atoms with Crippen LogP contribution in [0, 0.1) is 0 Å². The number of carbonyl (C=O) groups is 1. The molecule has 1 aromatic heterocycles. The predicted octanol–water partition coefficient (Wildman–Crippen LogP) is 0.583. The highest BCUT2D eigenvalue weighted by molar-refractivity contribution is 5.95. The molecular formula is C14H17N5O2. The first-order chi connectivity index (χ1) is 10.3. The molecule has 2 atom stereocenters. The third-order valence-corrected chi connectivity index (χ3v) is 3.56. The molecule has 2 unspecified atom stereocenters. The molecule has 0 bridgehead atoms. The molecule has 3 rings (SSSR count). The van der Waals surface area contributed by atoms with Crippen LogP contribution >= 0.6 is 0 Å². The van der Waals surface area contributed by atoms with E-state index in [0.717, 1.165) is 11.4 Å². The van der Waals surface area contributed by atoms with Crippen LogP contribution in [0.2, 0.25) is 0 Å². The van der Waals surface area contributed by atoms with E-state index in [9.17, 15) is 4.79 Å². The van der Waals surface area contributed by atoms with Gasteiger partial charge >= 0.3 is 0 Å². The maximum absolute atomic E-state index is 12.1. The van der Waals surface area contributed by atoms with Gasteiger partial charge in [0, 0.05) is 19.3 Å². The zero-order valence-corrected chi connectivity index (χ0v) is 11.7. The minimum atomic E-state index is -0.204. The number of methoxy groups -OCH3 is 1. The lowest BCUT2D eigenvalue weighted by Crippen LogP contribution is -2.35. The summed E-state index contributed by atoms with van der Waals surface area (Å²) in [6, 6.07) is 7.24. The van der Waals surface area contributed by atoms with Gasteiger partial charge in [-0.05, 0) is 30.7 Å². The fourth-order valence-corrected chi connectivity index (χ4v) is 2.35. The summed E-state index contributed by atoms with van der Waals surface area (Å²) in [6.45, 7) is 0.708. The lowest BCUT2D eigenvalue weighted by molar-refractivity contribution is -0.118. The first kappa shape index (κ1) is 13.7. The SMILES string of the molecule is COC1CNC(C(=O)Nc2ccc(-n3cncn3)cc2)C1. The van der Waals surface area contributed by atoms with Crippen molar-refractivity contribution in [2.75, 3.05) is 19.0 Å². The van der Waals surface area contributed by atoms with Crippen LogP contribution in [0.4, 0.5) is 5.69 Å². The molecular weight excluding hydrogens is 270 g/mol. The largest absolute Gasteiger partial charge is 0.380 e. The van der Waals surface area contributed by atoms with Gasteiger partial charge in [-0.15, -0.1) is 0 Å². The highest BCUT2D eigenvalue weighted by Crippen LogP contribution is 2.15. The highest BCUT2D eigenvalue weighted by Gasteiger charge is 2.29. The summed E-state index contributed by atoms with van der Waals surface area (Å²) in [6.07, 6.45) is 3.91. The number of carbonyl (C=O) groups excluding carboxylic acids is 1. The fourth-order valence-electron chi connectivity index (χ4n) is 2.35. The summed E-state index contributed by atoms with van der Waals surface area (Å²) in [5, 5.41) is 10.1. The number of hydrogen-bond donors (Lipinski definition) is 2. The number of nitrogens with one attached hydrogen (secondary N) is 2. The second-order valence-electron chi connectivity index (χ2n) is 4.93. The van der Waals surface area contributed by atoms with Gasteiger partial charge in [0.25, 0.3) is 0 Å². The van der Waals surface area contributed by atoms with E-state index in [4.69, 9.17) is 4.74 Å². The molecule has 7 nitrogen and oxygen atoms in total. The molecule has 2 heterocycles. The minimum Gasteiger partial charge on any atom is -0.380 e. The van der Waals surface area contributed by atoms with Gasteiger partial charge in [0.05, 0.1) is 17.8 Å². The van der Waals surface area contributed by atoms with Gasteiger partial charge in [0.1, 0.15) is 12.7 Å². The number of rotatable bonds is 4. The van der Waals surface area contributed by atoms with Crippen LogP contribution in [0.25, 0.3) is 5.69 Å². The lowest BCUT2D eigenvalue weighted by atomic mass is 10.2. The number of ether oxygens (including phenoxy) is 1. The smallest absolute Gasteiger partial charge is 0.241 e. The van der Waals surface area contributed by atoms with Crippen LogP contribution in [-0.4, -0.2) is 46.5 Å². The topological polar surface area (TPSA) is 81.1 Å². The van der Waals surface area contributed by atoms with Crippen molar-refractivity contribution < 1.29 is 9.53 Å². The van der Waals surface area contributed by atoms with Gasteiger partial charge in [-0.3, -0.25) is 4.79 Å². The van der Waals surface area contributed by atoms with Gasteiger partial charge in [-0.25, -0.2) is 9.67 Å². The Morgan fingerprint density at radius 1 is 1.43 bits per heavy atom. The fraction of sp³-hybridized carbons (Fsp3) is 0.357. The summed E-state index contributed by atoms with van der Waals surface area (Å²) in [7, 11) is 1.66. The molecule has 0 saturated carbocycles. The molecule has 7 heteroatoms. The van der Waals surface area contributed by atoms with E-state index in [0.29, 0.717) is 13.0 Å². The van der Waals surface area contributed by atoms with E-state index in [1.807, 2.05) is 24.3 Å². The van der Waals surface area contributed by atoms with Crippen LogP contribution < -0.4 is 10.6 Å². The van der Waals surface area contributed by atoms with E-state index in [1.165, 1.54) is 6.33 Å². The lowest BCUT2D eigenvalue weighted by Gasteiger charge is -2.11. The van der Waals surface area contributed by atoms with Crippen molar-refractivity contribution in [1.29, 1.82) is 0 Å². The maximum atomic E-state index is 12.1. The molecule has 21 heavy (non-hydrogen) atoms. The van der Waals surface area contributed by atoms with Crippen molar-refractivity contribution in [3.63, 3.8) is 0 Å². The maximum Gasteiger partial charge on any atom is 0.241 e. The van der Waals surface area contributed by atoms with Crippen LogP contribution in [-0.2, 0) is 9.53 Å². The molecule has 1 aliphatic rings. The van der Waals surface area contributed by atoms with E-state index in [2.05, 4.69) is 20.7 Å². The van der Waals surface area contributed by atoms with Crippen molar-refractivity contribution in [1.82, 2.24) is 20.1 Å². The van der Waals surface area contributed by atoms with Crippen molar-refractivity contribution in [3.05, 3.63) is 36.9 Å². The third kappa shape index (κ3) is 3.09. The average molecular weight is 287 g/mol. The van der Waals surface area contributed by atoms with E-state index in [1.54, 1.807) is 18.1 Å². The Labute approximate surface area is 122 Å². The number of benzene rings is 1. The summed E-state index contributed by atoms with van der Waals surface area (Å²) in [5.74, 6) is -0.0388. The molecule has 2 N–H and O–H groups in total. The molecule has 0 aliphatic carbocycles. The Hall–Kier alpha value is -2.25. The zero-order chi connectivity index (χ0) is 14.7. The third-order valence-electron chi connectivity index (χ3n) is 3.56. The molecule has 1 fully saturated rings. The quantitative estimate of drug-likeness (QED) is 0.860. The van der Waals surface area contributed by atoms with Crippen LogP contribution in [0.3, 0.4) is 0 Å². The number of nitrogens with zero attached hydrogens (tertiary/aromatic N) is 3. The van der Waals surface area contributed by atoms with Gasteiger partial charge in [0.2, 0.25) is 5.91 Å². The van der Waals surface area contributed by atoms with E-state index >= 15 is 0 Å². The van der Waals surface area contributed by atoms with E-state index in [-0.39, 0.29) is 18.1 Å². The molecule has 1 amide bonds. The van der Waals surface area contributed by atoms with Gasteiger partial charge in [0.15, 0.2) is 0 Å². The van der Waals surface area contributed by atoms with Gasteiger partial charge < -0.3 is 15.4 Å². The molecule has 1 aliphatic heterocycles. The van der Waals surface area contributed by atoms with Crippen molar-refractivity contribution in [2.45, 2.75) is 18.6 Å². The average Bonchev–Trinajstić information content (AvgIpc) is 3.19. The monoisotopic (exact) mass is 287 g/mol. The first-order valence-corrected chi connectivity index (χ1v) is 6.78. The Morgan fingerprint density at radius 3 is 2.86 bits per heavy atom. The Kier molecular flexibility index (Phi) is 3.94. The summed E-state index contributed by atoms with van der Waals surface area (Å²) < 4.78 is 6.90. The van der Waals surface area contributed by atoms with Gasteiger partial charge in [-0.1, -0.05) is 0 Å². The molecule has 2 aromatic rings. The highest BCUT2D eigenvalue weighted by atomic mass is 16.5. The summed E-state index contributed by atoms with van der Waals surface area (Å²) in [5.41, 5.74) is 1.65. The van der Waals surface area contributed by atoms with E-state index < -0.39 is 0 Å². The Balaban J connectivity index is 1.62. The molecule has 1 aromatic carbocycles. The van der Waals surface area contributed by atoms with Crippen LogP contribution in [0.15, 0.2) is 36.9 Å². The molecule has 0 radical (unpaired) electrons. The normalized spacial score (nSPS) is 21.4. The molecule has 110 valence electrons. The van der Waals surface area contributed by atoms with Crippen molar-refractivity contribution in [3.8, 4) is 5.69 Å². The Morgan fingerprint density at radius 2 is 2.24 bits per heavy atom. The minimum absolute atomic E-state index is 0.0388.